The van der Waals surface area contributed by atoms with Crippen LogP contribution in [0, 0.1) is 11.8 Å². The lowest BCUT2D eigenvalue weighted by Crippen LogP contribution is -2.60. The molecule has 2 bridgehead atoms. The van der Waals surface area contributed by atoms with E-state index < -0.39 is 0 Å². The number of hydrogen-bond acceptors (Lipinski definition) is 4. The van der Waals surface area contributed by atoms with Crippen molar-refractivity contribution < 1.29 is 4.79 Å². The molecule has 0 aliphatic carbocycles. The highest BCUT2D eigenvalue weighted by Crippen LogP contribution is 2.39. The summed E-state index contributed by atoms with van der Waals surface area (Å²) >= 11 is 0. The Hall–Kier alpha value is -2.11. The van der Waals surface area contributed by atoms with Crippen LogP contribution in [0.2, 0.25) is 0 Å². The summed E-state index contributed by atoms with van der Waals surface area (Å²) in [5.41, 5.74) is 2.05. The van der Waals surface area contributed by atoms with Gasteiger partial charge in [0.25, 0.3) is 0 Å². The van der Waals surface area contributed by atoms with Crippen LogP contribution in [-0.2, 0) is 4.79 Å². The molecular weight excluding hydrogens is 326 g/mol. The van der Waals surface area contributed by atoms with Crippen LogP contribution < -0.4 is 4.90 Å². The topological polar surface area (TPSA) is 53.7 Å². The minimum absolute atomic E-state index is 0.380. The molecule has 5 rings (SSSR count). The van der Waals surface area contributed by atoms with Gasteiger partial charge < -0.3 is 9.80 Å². The van der Waals surface area contributed by atoms with E-state index in [0.29, 0.717) is 29.7 Å². The van der Waals surface area contributed by atoms with Gasteiger partial charge in [0.2, 0.25) is 5.91 Å². The molecule has 2 aromatic rings. The first-order valence-electron chi connectivity index (χ1n) is 9.99. The largest absolute Gasteiger partial charge is 0.356 e. The molecule has 0 spiro atoms. The van der Waals surface area contributed by atoms with Gasteiger partial charge >= 0.3 is 0 Å². The fourth-order valence-electron chi connectivity index (χ4n) is 5.23. The summed E-state index contributed by atoms with van der Waals surface area (Å²) in [4.78, 5) is 21.8. The summed E-state index contributed by atoms with van der Waals surface area (Å²) < 4.78 is 1.98. The number of aromatic nitrogens is 3. The summed E-state index contributed by atoms with van der Waals surface area (Å²) in [6.07, 6.45) is 6.06. The predicted octanol–water partition coefficient (Wildman–Crippen LogP) is 2.69. The molecule has 138 valence electrons. The predicted molar refractivity (Wildman–Crippen MR) is 100 cm³/mol. The smallest absolute Gasteiger partial charge is 0.222 e. The van der Waals surface area contributed by atoms with Crippen molar-refractivity contribution in [2.24, 2.45) is 11.8 Å². The van der Waals surface area contributed by atoms with Gasteiger partial charge in [-0.2, -0.15) is 9.61 Å². The normalized spacial score (nSPS) is 28.7. The molecule has 3 aliphatic rings. The Morgan fingerprint density at radius 2 is 2.12 bits per heavy atom. The van der Waals surface area contributed by atoms with Crippen molar-refractivity contribution >= 4 is 17.4 Å². The Morgan fingerprint density at radius 1 is 1.23 bits per heavy atom. The number of rotatable bonds is 2. The fraction of sp³-hybridized carbons (Fsp3) is 0.650. The lowest BCUT2D eigenvalue weighted by atomic mass is 9.76. The first kappa shape index (κ1) is 16.1. The molecule has 3 atom stereocenters. The highest BCUT2D eigenvalue weighted by atomic mass is 16.2. The number of hydrogen-bond donors (Lipinski definition) is 0. The van der Waals surface area contributed by atoms with Crippen molar-refractivity contribution in [3.8, 4) is 0 Å². The van der Waals surface area contributed by atoms with Gasteiger partial charge in [0.15, 0.2) is 5.65 Å². The Bertz CT molecular complexity index is 844. The molecule has 5 heterocycles. The zero-order chi connectivity index (χ0) is 17.8. The van der Waals surface area contributed by atoms with Crippen LogP contribution >= 0.6 is 0 Å². The standard InChI is InChI=1S/C20H27N5O/c1-13(2)16-9-19(25-18(22-16)6-7-21-25)23-10-14-8-15(12-23)17-4-3-5-20(26)24(17)11-14/h6-7,9,13-15,17H,3-5,8,10-12H2,1-2H3/t14-,15+,17+/m1/s1. The number of carbonyl (C=O) groups excluding carboxylic acids is 1. The summed E-state index contributed by atoms with van der Waals surface area (Å²) in [6.45, 7) is 7.33. The third kappa shape index (κ3) is 2.49. The summed E-state index contributed by atoms with van der Waals surface area (Å²) in [5.74, 6) is 3.07. The summed E-state index contributed by atoms with van der Waals surface area (Å²) in [7, 11) is 0. The second kappa shape index (κ2) is 5.96. The molecule has 1 amide bonds. The fourth-order valence-corrected chi connectivity index (χ4v) is 5.23. The van der Waals surface area contributed by atoms with Crippen molar-refractivity contribution in [1.82, 2.24) is 19.5 Å². The lowest BCUT2D eigenvalue weighted by Gasteiger charge is -2.52. The van der Waals surface area contributed by atoms with Crippen molar-refractivity contribution in [2.75, 3.05) is 24.5 Å². The van der Waals surface area contributed by atoms with E-state index in [1.807, 2.05) is 16.8 Å². The molecular formula is C20H27N5O. The van der Waals surface area contributed by atoms with Crippen molar-refractivity contribution in [3.63, 3.8) is 0 Å². The molecule has 0 N–H and O–H groups in total. The van der Waals surface area contributed by atoms with Gasteiger partial charge in [-0.1, -0.05) is 13.8 Å². The van der Waals surface area contributed by atoms with Gasteiger partial charge in [-0.25, -0.2) is 4.98 Å². The number of nitrogens with zero attached hydrogens (tertiary/aromatic N) is 5. The number of anilines is 1. The Balaban J connectivity index is 1.50. The zero-order valence-electron chi connectivity index (χ0n) is 15.6. The Morgan fingerprint density at radius 3 is 2.96 bits per heavy atom. The maximum Gasteiger partial charge on any atom is 0.222 e. The van der Waals surface area contributed by atoms with E-state index in [2.05, 4.69) is 34.8 Å². The molecule has 6 nitrogen and oxygen atoms in total. The molecule has 3 saturated heterocycles. The van der Waals surface area contributed by atoms with Crippen LogP contribution in [0.25, 0.3) is 5.65 Å². The van der Waals surface area contributed by atoms with E-state index in [-0.39, 0.29) is 0 Å². The van der Waals surface area contributed by atoms with E-state index in [1.54, 1.807) is 0 Å². The van der Waals surface area contributed by atoms with Crippen LogP contribution in [0.1, 0.15) is 51.1 Å². The average molecular weight is 353 g/mol. The molecule has 0 radical (unpaired) electrons. The number of piperidine rings is 3. The highest BCUT2D eigenvalue weighted by molar-refractivity contribution is 5.77. The van der Waals surface area contributed by atoms with Gasteiger partial charge in [0.1, 0.15) is 5.82 Å². The highest BCUT2D eigenvalue weighted by Gasteiger charge is 2.44. The molecule has 3 aliphatic heterocycles. The van der Waals surface area contributed by atoms with Crippen molar-refractivity contribution in [1.29, 1.82) is 0 Å². The molecule has 0 unspecified atom stereocenters. The first-order valence-corrected chi connectivity index (χ1v) is 9.99. The Labute approximate surface area is 154 Å². The van der Waals surface area contributed by atoms with Gasteiger partial charge in [-0.05, 0) is 37.0 Å². The van der Waals surface area contributed by atoms with Crippen LogP contribution in [0.3, 0.4) is 0 Å². The molecule has 0 saturated carbocycles. The number of fused-ring (bicyclic) bond motifs is 5. The van der Waals surface area contributed by atoms with Gasteiger partial charge in [0, 0.05) is 49.9 Å². The van der Waals surface area contributed by atoms with Gasteiger partial charge in [-0.15, -0.1) is 0 Å². The zero-order valence-corrected chi connectivity index (χ0v) is 15.6. The number of amides is 1. The third-order valence-electron chi connectivity index (χ3n) is 6.46. The van der Waals surface area contributed by atoms with Crippen LogP contribution in [0.5, 0.6) is 0 Å². The Kier molecular flexibility index (Phi) is 3.69. The summed E-state index contributed by atoms with van der Waals surface area (Å²) in [5, 5.41) is 4.53. The van der Waals surface area contributed by atoms with Crippen LogP contribution in [-0.4, -0.2) is 51.1 Å². The molecule has 3 fully saturated rings. The van der Waals surface area contributed by atoms with E-state index in [4.69, 9.17) is 4.98 Å². The molecule has 26 heavy (non-hydrogen) atoms. The van der Waals surface area contributed by atoms with Crippen LogP contribution in [0.15, 0.2) is 18.3 Å². The molecule has 6 heteroatoms. The SMILES string of the molecule is CC(C)c1cc(N2C[C@H]3C[C@@H](C2)[C@@H]2CCCC(=O)N2C3)n2nccc2n1. The average Bonchev–Trinajstić information content (AvgIpc) is 3.10. The van der Waals surface area contributed by atoms with E-state index in [9.17, 15) is 4.79 Å². The van der Waals surface area contributed by atoms with E-state index in [0.717, 1.165) is 49.6 Å². The second-order valence-electron chi connectivity index (χ2n) is 8.57. The van der Waals surface area contributed by atoms with E-state index >= 15 is 0 Å². The van der Waals surface area contributed by atoms with Gasteiger partial charge in [-0.3, -0.25) is 4.79 Å². The second-order valence-corrected chi connectivity index (χ2v) is 8.57. The minimum atomic E-state index is 0.380. The van der Waals surface area contributed by atoms with Crippen molar-refractivity contribution in [3.05, 3.63) is 24.0 Å². The first-order chi connectivity index (χ1) is 12.6. The molecule has 0 aromatic carbocycles. The van der Waals surface area contributed by atoms with E-state index in [1.165, 1.54) is 12.8 Å². The number of carbonyl (C=O) groups is 1. The molecule has 2 aromatic heterocycles. The maximum absolute atomic E-state index is 12.4. The monoisotopic (exact) mass is 353 g/mol. The quantitative estimate of drug-likeness (QED) is 0.833. The maximum atomic E-state index is 12.4. The summed E-state index contributed by atoms with van der Waals surface area (Å²) in [6, 6.07) is 4.65. The van der Waals surface area contributed by atoms with Crippen LogP contribution in [0.4, 0.5) is 5.82 Å². The van der Waals surface area contributed by atoms with Crippen molar-refractivity contribution in [2.45, 2.75) is 51.5 Å². The minimum Gasteiger partial charge on any atom is -0.356 e. The third-order valence-corrected chi connectivity index (χ3v) is 6.46. The van der Waals surface area contributed by atoms with Gasteiger partial charge in [0.05, 0.1) is 6.20 Å². The lowest BCUT2D eigenvalue weighted by molar-refractivity contribution is -0.142.